The quantitative estimate of drug-likeness (QED) is 0.586. The lowest BCUT2D eigenvalue weighted by atomic mass is 10.0. The van der Waals surface area contributed by atoms with Gasteiger partial charge in [0, 0.05) is 12.5 Å². The minimum Gasteiger partial charge on any atom is -0.389 e. The molecule has 0 amide bonds. The van der Waals surface area contributed by atoms with Gasteiger partial charge in [0.2, 0.25) is 0 Å². The predicted molar refractivity (Wildman–Crippen MR) is 79.4 cm³/mol. The maximum atomic E-state index is 9.97. The fraction of sp³-hybridized carbons (Fsp3) is 0.529. The first kappa shape index (κ1) is 15.2. The van der Waals surface area contributed by atoms with E-state index >= 15 is 0 Å². The number of hydrogen-bond acceptors (Lipinski definition) is 3. The van der Waals surface area contributed by atoms with Crippen molar-refractivity contribution < 1.29 is 14.6 Å². The Kier molecular flexibility index (Phi) is 6.25. The Hall–Kier alpha value is -1.16. The van der Waals surface area contributed by atoms with Crippen molar-refractivity contribution in [3.8, 4) is 0 Å². The summed E-state index contributed by atoms with van der Waals surface area (Å²) in [5, 5.41) is 9.97. The van der Waals surface area contributed by atoms with Crippen LogP contribution in [0, 0.1) is 5.92 Å². The number of hydrogen-bond donors (Lipinski definition) is 1. The highest BCUT2D eigenvalue weighted by molar-refractivity contribution is 5.13. The maximum absolute atomic E-state index is 9.97. The third-order valence-corrected chi connectivity index (χ3v) is 3.59. The average Bonchev–Trinajstić information content (AvgIpc) is 2.82. The summed E-state index contributed by atoms with van der Waals surface area (Å²) >= 11 is 0. The van der Waals surface area contributed by atoms with E-state index in [1.807, 2.05) is 42.5 Å². The molecule has 0 aromatic heterocycles. The first-order chi connectivity index (χ1) is 9.81. The van der Waals surface area contributed by atoms with Crippen molar-refractivity contribution in [3.05, 3.63) is 48.0 Å². The molecule has 0 aliphatic heterocycles. The summed E-state index contributed by atoms with van der Waals surface area (Å²) in [5.74, 6) is 0.00979. The Balaban J connectivity index is 1.75. The highest BCUT2D eigenvalue weighted by Gasteiger charge is 2.31. The molecule has 2 rings (SSSR count). The van der Waals surface area contributed by atoms with E-state index in [1.165, 1.54) is 0 Å². The number of unbranched alkanes of at least 4 members (excludes halogenated alkanes) is 1. The smallest absolute Gasteiger partial charge is 0.0834 e. The molecule has 1 N–H and O–H groups in total. The van der Waals surface area contributed by atoms with Gasteiger partial charge in [-0.15, -0.1) is 0 Å². The molecule has 3 heteroatoms. The largest absolute Gasteiger partial charge is 0.389 e. The van der Waals surface area contributed by atoms with Crippen molar-refractivity contribution in [2.24, 2.45) is 5.92 Å². The van der Waals surface area contributed by atoms with E-state index in [0.717, 1.165) is 25.0 Å². The van der Waals surface area contributed by atoms with Gasteiger partial charge in [-0.2, -0.15) is 0 Å². The first-order valence-corrected chi connectivity index (χ1v) is 7.41. The number of ether oxygens (including phenoxy) is 2. The zero-order valence-corrected chi connectivity index (χ0v) is 12.1. The van der Waals surface area contributed by atoms with Gasteiger partial charge in [-0.1, -0.05) is 55.8 Å². The Bertz CT molecular complexity index is 402. The lowest BCUT2D eigenvalue weighted by molar-refractivity contribution is -0.0307. The van der Waals surface area contributed by atoms with Crippen molar-refractivity contribution in [1.82, 2.24) is 0 Å². The number of aliphatic hydroxyl groups is 1. The third-order valence-electron chi connectivity index (χ3n) is 3.59. The van der Waals surface area contributed by atoms with E-state index in [9.17, 15) is 5.11 Å². The number of rotatable bonds is 8. The van der Waals surface area contributed by atoms with Gasteiger partial charge in [0.25, 0.3) is 0 Å². The molecule has 110 valence electrons. The van der Waals surface area contributed by atoms with E-state index in [1.54, 1.807) is 0 Å². The lowest BCUT2D eigenvalue weighted by Gasteiger charge is -2.22. The summed E-state index contributed by atoms with van der Waals surface area (Å²) in [7, 11) is 0. The number of benzene rings is 1. The molecule has 3 atom stereocenters. The van der Waals surface area contributed by atoms with Crippen LogP contribution in [0.25, 0.3) is 0 Å². The minimum atomic E-state index is -0.461. The van der Waals surface area contributed by atoms with E-state index in [-0.39, 0.29) is 12.0 Å². The van der Waals surface area contributed by atoms with Gasteiger partial charge >= 0.3 is 0 Å². The average molecular weight is 276 g/mol. The van der Waals surface area contributed by atoms with Gasteiger partial charge < -0.3 is 14.6 Å². The van der Waals surface area contributed by atoms with E-state index in [2.05, 4.69) is 6.92 Å². The first-order valence-electron chi connectivity index (χ1n) is 7.41. The van der Waals surface area contributed by atoms with Crippen LogP contribution in [0.1, 0.15) is 25.3 Å². The molecule has 0 saturated carbocycles. The SMILES string of the molecule is CCCCO[C@H]1C=C[C@@H](O)[C@@H]1COCc1ccccc1. The molecule has 1 aliphatic rings. The molecule has 1 aromatic carbocycles. The third kappa shape index (κ3) is 4.44. The molecular formula is C17H24O3. The number of aliphatic hydroxyl groups excluding tert-OH is 1. The fourth-order valence-corrected chi connectivity index (χ4v) is 2.33. The topological polar surface area (TPSA) is 38.7 Å². The van der Waals surface area contributed by atoms with Crippen LogP contribution in [-0.4, -0.2) is 30.5 Å². The molecule has 0 unspecified atom stereocenters. The zero-order valence-electron chi connectivity index (χ0n) is 12.1. The van der Waals surface area contributed by atoms with Crippen LogP contribution >= 0.6 is 0 Å². The van der Waals surface area contributed by atoms with Gasteiger partial charge in [0.15, 0.2) is 0 Å². The molecule has 20 heavy (non-hydrogen) atoms. The van der Waals surface area contributed by atoms with Gasteiger partial charge in [-0.05, 0) is 12.0 Å². The minimum absolute atomic E-state index is 0.00979. The molecule has 0 radical (unpaired) electrons. The van der Waals surface area contributed by atoms with Crippen molar-refractivity contribution in [1.29, 1.82) is 0 Å². The van der Waals surface area contributed by atoms with Crippen LogP contribution < -0.4 is 0 Å². The Morgan fingerprint density at radius 2 is 1.95 bits per heavy atom. The molecule has 0 saturated heterocycles. The maximum Gasteiger partial charge on any atom is 0.0834 e. The summed E-state index contributed by atoms with van der Waals surface area (Å²) in [6.07, 6.45) is 5.46. The van der Waals surface area contributed by atoms with Crippen LogP contribution in [0.15, 0.2) is 42.5 Å². The summed E-state index contributed by atoms with van der Waals surface area (Å²) in [4.78, 5) is 0. The molecule has 0 bridgehead atoms. The van der Waals surface area contributed by atoms with Gasteiger partial charge in [0.1, 0.15) is 0 Å². The van der Waals surface area contributed by atoms with Crippen LogP contribution in [0.2, 0.25) is 0 Å². The molecular weight excluding hydrogens is 252 g/mol. The molecule has 0 spiro atoms. The normalized spacial score (nSPS) is 25.2. The van der Waals surface area contributed by atoms with Crippen LogP contribution in [0.5, 0.6) is 0 Å². The lowest BCUT2D eigenvalue weighted by Crippen LogP contribution is -2.30. The Morgan fingerprint density at radius 3 is 2.70 bits per heavy atom. The van der Waals surface area contributed by atoms with Crippen LogP contribution in [0.3, 0.4) is 0 Å². The van der Waals surface area contributed by atoms with Crippen molar-refractivity contribution in [3.63, 3.8) is 0 Å². The second-order valence-corrected chi connectivity index (χ2v) is 5.23. The van der Waals surface area contributed by atoms with E-state index < -0.39 is 6.10 Å². The monoisotopic (exact) mass is 276 g/mol. The van der Waals surface area contributed by atoms with Gasteiger partial charge in [-0.3, -0.25) is 0 Å². The highest BCUT2D eigenvalue weighted by atomic mass is 16.5. The van der Waals surface area contributed by atoms with Crippen LogP contribution in [0.4, 0.5) is 0 Å². The molecule has 0 fully saturated rings. The highest BCUT2D eigenvalue weighted by Crippen LogP contribution is 2.23. The zero-order chi connectivity index (χ0) is 14.2. The van der Waals surface area contributed by atoms with Gasteiger partial charge in [-0.25, -0.2) is 0 Å². The summed E-state index contributed by atoms with van der Waals surface area (Å²) < 4.78 is 11.5. The second-order valence-electron chi connectivity index (χ2n) is 5.23. The molecule has 1 aromatic rings. The summed E-state index contributed by atoms with van der Waals surface area (Å²) in [6.45, 7) is 3.97. The standard InChI is InChI=1S/C17H24O3/c1-2-3-11-20-17-10-9-16(18)15(17)13-19-12-14-7-5-4-6-8-14/h4-10,15-18H,2-3,11-13H2,1H3/t15-,16+,17-/m0/s1. The Labute approximate surface area is 121 Å². The van der Waals surface area contributed by atoms with Gasteiger partial charge in [0.05, 0.1) is 25.4 Å². The van der Waals surface area contributed by atoms with Crippen LogP contribution in [-0.2, 0) is 16.1 Å². The fourth-order valence-electron chi connectivity index (χ4n) is 2.33. The summed E-state index contributed by atoms with van der Waals surface area (Å²) in [6, 6.07) is 10.1. The molecule has 3 nitrogen and oxygen atoms in total. The van der Waals surface area contributed by atoms with E-state index in [4.69, 9.17) is 9.47 Å². The predicted octanol–water partition coefficient (Wildman–Crippen LogP) is 2.94. The van der Waals surface area contributed by atoms with Crippen molar-refractivity contribution >= 4 is 0 Å². The second kappa shape index (κ2) is 8.20. The van der Waals surface area contributed by atoms with Crippen molar-refractivity contribution in [2.75, 3.05) is 13.2 Å². The van der Waals surface area contributed by atoms with E-state index in [0.29, 0.717) is 13.2 Å². The Morgan fingerprint density at radius 1 is 1.15 bits per heavy atom. The molecule has 0 heterocycles. The summed E-state index contributed by atoms with van der Waals surface area (Å²) in [5.41, 5.74) is 1.15. The van der Waals surface area contributed by atoms with Crippen molar-refractivity contribution in [2.45, 2.75) is 38.6 Å². The molecule has 1 aliphatic carbocycles.